The molecule has 0 amide bonds. The Morgan fingerprint density at radius 1 is 1.45 bits per heavy atom. The third-order valence-electron chi connectivity index (χ3n) is 2.90. The van der Waals surface area contributed by atoms with Crippen molar-refractivity contribution in [2.24, 2.45) is 0 Å². The molecule has 2 rings (SSSR count). The molecule has 0 radical (unpaired) electrons. The lowest BCUT2D eigenvalue weighted by Crippen LogP contribution is -2.37. The Balaban J connectivity index is 2.50. The number of aliphatic carboxylic acids is 1. The Kier molecular flexibility index (Phi) is 3.86. The molecule has 1 fully saturated rings. The summed E-state index contributed by atoms with van der Waals surface area (Å²) in [6.07, 6.45) is 1.02. The van der Waals surface area contributed by atoms with Gasteiger partial charge in [-0.05, 0) is 0 Å². The number of carboxylic acids is 1. The zero-order valence-corrected chi connectivity index (χ0v) is 11.8. The quantitative estimate of drug-likeness (QED) is 0.709. The molecule has 10 heteroatoms. The normalized spacial score (nSPS) is 16.4. The largest absolute Gasteiger partial charge is 0.480 e. The van der Waals surface area contributed by atoms with Gasteiger partial charge in [0.2, 0.25) is 0 Å². The summed E-state index contributed by atoms with van der Waals surface area (Å²) in [6.45, 7) is 1.38. The summed E-state index contributed by atoms with van der Waals surface area (Å²) in [6, 6.07) is 0. The fourth-order valence-electron chi connectivity index (χ4n) is 2.03. The second-order valence-corrected chi connectivity index (χ2v) is 6.41. The second kappa shape index (κ2) is 5.29. The fraction of sp³-hybridized carbons (Fsp3) is 0.600. The van der Waals surface area contributed by atoms with E-state index in [9.17, 15) is 13.2 Å². The van der Waals surface area contributed by atoms with Gasteiger partial charge < -0.3 is 20.5 Å². The summed E-state index contributed by atoms with van der Waals surface area (Å²) >= 11 is 0. The molecule has 1 aliphatic heterocycles. The monoisotopic (exact) mass is 304 g/mol. The molecule has 0 saturated carbocycles. The van der Waals surface area contributed by atoms with Crippen LogP contribution in [-0.2, 0) is 25.9 Å². The van der Waals surface area contributed by atoms with Crippen LogP contribution in [0.2, 0.25) is 0 Å². The van der Waals surface area contributed by atoms with Crippen LogP contribution in [0.15, 0.2) is 4.90 Å². The Labute approximate surface area is 115 Å². The molecule has 0 aliphatic carbocycles. The Morgan fingerprint density at radius 2 is 2.05 bits per heavy atom. The van der Waals surface area contributed by atoms with E-state index in [1.807, 2.05) is 0 Å². The SMILES string of the molecule is CS(=O)(=O)c1c(N2CCOCC2)nn(CC(=O)O)c1N. The van der Waals surface area contributed by atoms with Crippen LogP contribution in [0.3, 0.4) is 0 Å². The zero-order valence-electron chi connectivity index (χ0n) is 10.9. The number of nitrogen functional groups attached to an aromatic ring is 1. The van der Waals surface area contributed by atoms with Crippen molar-refractivity contribution in [3.05, 3.63) is 0 Å². The van der Waals surface area contributed by atoms with Gasteiger partial charge in [-0.2, -0.15) is 5.10 Å². The number of nitrogens with two attached hydrogens (primary N) is 1. The van der Waals surface area contributed by atoms with E-state index in [1.54, 1.807) is 4.90 Å². The van der Waals surface area contributed by atoms with Crippen molar-refractivity contribution in [3.63, 3.8) is 0 Å². The Morgan fingerprint density at radius 3 is 2.55 bits per heavy atom. The number of carboxylic acid groups (broad SMARTS) is 1. The van der Waals surface area contributed by atoms with Gasteiger partial charge in [-0.3, -0.25) is 4.79 Å². The lowest BCUT2D eigenvalue weighted by atomic mass is 10.4. The van der Waals surface area contributed by atoms with E-state index in [0.717, 1.165) is 10.9 Å². The summed E-state index contributed by atoms with van der Waals surface area (Å²) in [4.78, 5) is 12.4. The van der Waals surface area contributed by atoms with Crippen LogP contribution in [0.1, 0.15) is 0 Å². The molecule has 9 nitrogen and oxygen atoms in total. The van der Waals surface area contributed by atoms with Gasteiger partial charge in [-0.15, -0.1) is 0 Å². The molecule has 112 valence electrons. The maximum atomic E-state index is 11.9. The van der Waals surface area contributed by atoms with Gasteiger partial charge in [0.05, 0.1) is 13.2 Å². The number of hydrogen-bond donors (Lipinski definition) is 2. The predicted octanol–water partition coefficient (Wildman–Crippen LogP) is -1.21. The summed E-state index contributed by atoms with van der Waals surface area (Å²) in [5.74, 6) is -1.11. The van der Waals surface area contributed by atoms with E-state index >= 15 is 0 Å². The highest BCUT2D eigenvalue weighted by Gasteiger charge is 2.29. The van der Waals surface area contributed by atoms with Crippen LogP contribution in [0.4, 0.5) is 11.6 Å². The van der Waals surface area contributed by atoms with Crippen LogP contribution in [0.25, 0.3) is 0 Å². The minimum atomic E-state index is -3.61. The lowest BCUT2D eigenvalue weighted by molar-refractivity contribution is -0.137. The number of anilines is 2. The molecule has 0 atom stereocenters. The zero-order chi connectivity index (χ0) is 14.9. The Hall–Kier alpha value is -1.81. The Bertz CT molecular complexity index is 618. The number of ether oxygens (including phenoxy) is 1. The maximum absolute atomic E-state index is 11.9. The molecule has 2 heterocycles. The first-order valence-corrected chi connectivity index (χ1v) is 7.80. The number of carbonyl (C=O) groups is 1. The van der Waals surface area contributed by atoms with Crippen LogP contribution in [0, 0.1) is 0 Å². The van der Waals surface area contributed by atoms with Crippen LogP contribution in [0.5, 0.6) is 0 Å². The number of nitrogens with zero attached hydrogens (tertiary/aromatic N) is 3. The van der Waals surface area contributed by atoms with Crippen molar-refractivity contribution in [1.29, 1.82) is 0 Å². The molecule has 0 spiro atoms. The lowest BCUT2D eigenvalue weighted by Gasteiger charge is -2.27. The molecule has 1 aromatic heterocycles. The van der Waals surface area contributed by atoms with E-state index in [0.29, 0.717) is 26.3 Å². The van der Waals surface area contributed by atoms with Gasteiger partial charge in [0.25, 0.3) is 0 Å². The van der Waals surface area contributed by atoms with E-state index in [1.165, 1.54) is 0 Å². The first-order valence-electron chi connectivity index (χ1n) is 5.91. The number of hydrogen-bond acceptors (Lipinski definition) is 7. The third kappa shape index (κ3) is 2.85. The first kappa shape index (κ1) is 14.6. The van der Waals surface area contributed by atoms with Crippen molar-refractivity contribution in [3.8, 4) is 0 Å². The van der Waals surface area contributed by atoms with Gasteiger partial charge in [0.15, 0.2) is 20.6 Å². The van der Waals surface area contributed by atoms with Gasteiger partial charge >= 0.3 is 5.97 Å². The van der Waals surface area contributed by atoms with Crippen molar-refractivity contribution >= 4 is 27.4 Å². The van der Waals surface area contributed by atoms with Crippen molar-refractivity contribution in [2.45, 2.75) is 11.4 Å². The van der Waals surface area contributed by atoms with Crippen LogP contribution < -0.4 is 10.6 Å². The fourth-order valence-corrected chi connectivity index (χ4v) is 3.02. The molecule has 0 unspecified atom stereocenters. The summed E-state index contributed by atoms with van der Waals surface area (Å²) < 4.78 is 29.9. The standard InChI is InChI=1S/C10H16N4O5S/c1-20(17,18)8-9(11)14(6-7(15)16)12-10(8)13-2-4-19-5-3-13/h2-6,11H2,1H3,(H,15,16). The van der Waals surface area contributed by atoms with E-state index in [4.69, 9.17) is 15.6 Å². The average molecular weight is 304 g/mol. The molecule has 3 N–H and O–H groups in total. The minimum Gasteiger partial charge on any atom is -0.480 e. The van der Waals surface area contributed by atoms with Crippen molar-refractivity contribution in [1.82, 2.24) is 9.78 Å². The predicted molar refractivity (Wildman–Crippen MR) is 70.4 cm³/mol. The highest BCUT2D eigenvalue weighted by atomic mass is 32.2. The highest BCUT2D eigenvalue weighted by Crippen LogP contribution is 2.30. The maximum Gasteiger partial charge on any atom is 0.325 e. The molecule has 20 heavy (non-hydrogen) atoms. The molecular formula is C10H16N4O5S. The van der Waals surface area contributed by atoms with Gasteiger partial charge in [-0.1, -0.05) is 0 Å². The number of rotatable bonds is 4. The van der Waals surface area contributed by atoms with E-state index < -0.39 is 22.4 Å². The summed E-state index contributed by atoms with van der Waals surface area (Å²) in [5.41, 5.74) is 5.75. The minimum absolute atomic E-state index is 0.124. The number of aromatic nitrogens is 2. The second-order valence-electron chi connectivity index (χ2n) is 4.46. The summed E-state index contributed by atoms with van der Waals surface area (Å²) in [7, 11) is -3.61. The third-order valence-corrected chi connectivity index (χ3v) is 4.03. The molecule has 1 aliphatic rings. The van der Waals surface area contributed by atoms with Gasteiger partial charge in [0, 0.05) is 19.3 Å². The van der Waals surface area contributed by atoms with Gasteiger partial charge in [-0.25, -0.2) is 13.1 Å². The van der Waals surface area contributed by atoms with Gasteiger partial charge in [0.1, 0.15) is 12.4 Å². The topological polar surface area (TPSA) is 128 Å². The molecular weight excluding hydrogens is 288 g/mol. The molecule has 1 saturated heterocycles. The van der Waals surface area contributed by atoms with Crippen LogP contribution in [-0.4, -0.2) is 61.8 Å². The molecule has 0 bridgehead atoms. The van der Waals surface area contributed by atoms with E-state index in [-0.39, 0.29) is 16.5 Å². The van der Waals surface area contributed by atoms with Crippen LogP contribution >= 0.6 is 0 Å². The molecule has 0 aromatic carbocycles. The van der Waals surface area contributed by atoms with Crippen molar-refractivity contribution < 1.29 is 23.1 Å². The summed E-state index contributed by atoms with van der Waals surface area (Å²) in [5, 5.41) is 12.8. The smallest absolute Gasteiger partial charge is 0.325 e. The number of morpholine rings is 1. The molecule has 1 aromatic rings. The average Bonchev–Trinajstić information content (AvgIpc) is 2.67. The first-order chi connectivity index (χ1) is 9.30. The number of sulfone groups is 1. The van der Waals surface area contributed by atoms with E-state index in [2.05, 4.69) is 5.10 Å². The van der Waals surface area contributed by atoms with Crippen molar-refractivity contribution in [2.75, 3.05) is 43.2 Å². The highest BCUT2D eigenvalue weighted by molar-refractivity contribution is 7.91.